The number of carbonyl (C=O) groups excluding carboxylic acids is 2. The second-order valence-corrected chi connectivity index (χ2v) is 6.18. The van der Waals surface area contributed by atoms with Gasteiger partial charge in [0.25, 0.3) is 5.91 Å². The molecule has 6 nitrogen and oxygen atoms in total. The molecule has 2 rings (SSSR count). The number of hydrogen-bond donors (Lipinski definition) is 2. The van der Waals surface area contributed by atoms with Crippen molar-refractivity contribution in [1.29, 1.82) is 0 Å². The van der Waals surface area contributed by atoms with Crippen LogP contribution < -0.4 is 11.1 Å². The zero-order chi connectivity index (χ0) is 15.5. The molecular formula is C15H24ClN3O3. The van der Waals surface area contributed by atoms with E-state index < -0.39 is 0 Å². The molecule has 1 saturated heterocycles. The standard InChI is InChI=1S/C15H23N3O3.ClH/c1-15(2)10-18(8-6-12(15)16)13(19)5-7-17-14(20)11-4-3-9-21-11;/h3-4,9,12H,5-8,10,16H2,1-2H3,(H,17,20);1H. The fraction of sp³-hybridized carbons (Fsp3) is 0.600. The van der Waals surface area contributed by atoms with E-state index in [1.807, 2.05) is 4.90 Å². The second kappa shape index (κ2) is 7.65. The molecule has 1 aromatic heterocycles. The lowest BCUT2D eigenvalue weighted by Crippen LogP contribution is -2.54. The van der Waals surface area contributed by atoms with Crippen LogP contribution in [0.3, 0.4) is 0 Å². The van der Waals surface area contributed by atoms with Gasteiger partial charge in [0.2, 0.25) is 5.91 Å². The number of likely N-dealkylation sites (tertiary alicyclic amines) is 1. The lowest BCUT2D eigenvalue weighted by molar-refractivity contribution is -0.134. The fourth-order valence-electron chi connectivity index (χ4n) is 2.52. The van der Waals surface area contributed by atoms with Crippen LogP contribution in [0.2, 0.25) is 0 Å². The Labute approximate surface area is 136 Å². The Morgan fingerprint density at radius 2 is 2.23 bits per heavy atom. The number of rotatable bonds is 4. The zero-order valence-corrected chi connectivity index (χ0v) is 13.8. The molecular weight excluding hydrogens is 306 g/mol. The van der Waals surface area contributed by atoms with Crippen LogP contribution in [0.25, 0.3) is 0 Å². The summed E-state index contributed by atoms with van der Waals surface area (Å²) in [4.78, 5) is 25.7. The molecule has 1 atom stereocenters. The van der Waals surface area contributed by atoms with Gasteiger partial charge in [0, 0.05) is 32.1 Å². The minimum absolute atomic E-state index is 0. The summed E-state index contributed by atoms with van der Waals surface area (Å²) in [5.41, 5.74) is 6.00. The molecule has 0 saturated carbocycles. The summed E-state index contributed by atoms with van der Waals surface area (Å²) >= 11 is 0. The smallest absolute Gasteiger partial charge is 0.286 e. The summed E-state index contributed by atoms with van der Waals surface area (Å²) < 4.78 is 4.99. The van der Waals surface area contributed by atoms with Crippen molar-refractivity contribution in [2.45, 2.75) is 32.7 Å². The number of nitrogens with two attached hydrogens (primary N) is 1. The summed E-state index contributed by atoms with van der Waals surface area (Å²) in [6.07, 6.45) is 2.55. The van der Waals surface area contributed by atoms with E-state index in [-0.39, 0.29) is 47.9 Å². The van der Waals surface area contributed by atoms with Crippen molar-refractivity contribution in [3.63, 3.8) is 0 Å². The van der Waals surface area contributed by atoms with Crippen LogP contribution in [0.15, 0.2) is 22.8 Å². The third-order valence-corrected chi connectivity index (χ3v) is 4.03. The first-order valence-electron chi connectivity index (χ1n) is 7.25. The van der Waals surface area contributed by atoms with Crippen molar-refractivity contribution in [2.24, 2.45) is 11.1 Å². The van der Waals surface area contributed by atoms with Gasteiger partial charge < -0.3 is 20.4 Å². The highest BCUT2D eigenvalue weighted by molar-refractivity contribution is 5.91. The van der Waals surface area contributed by atoms with Crippen LogP contribution >= 0.6 is 12.4 Å². The molecule has 0 bridgehead atoms. The van der Waals surface area contributed by atoms with E-state index >= 15 is 0 Å². The molecule has 1 aliphatic heterocycles. The molecule has 0 aromatic carbocycles. The Kier molecular flexibility index (Phi) is 6.44. The molecule has 0 aliphatic carbocycles. The molecule has 1 fully saturated rings. The van der Waals surface area contributed by atoms with Crippen LogP contribution in [-0.4, -0.2) is 42.4 Å². The Balaban J connectivity index is 0.00000242. The molecule has 1 unspecified atom stereocenters. The van der Waals surface area contributed by atoms with Gasteiger partial charge in [-0.05, 0) is 24.0 Å². The molecule has 7 heteroatoms. The maximum atomic E-state index is 12.2. The van der Waals surface area contributed by atoms with Crippen LogP contribution in [0.1, 0.15) is 37.2 Å². The summed E-state index contributed by atoms with van der Waals surface area (Å²) in [6, 6.07) is 3.37. The van der Waals surface area contributed by atoms with Crippen LogP contribution in [0.5, 0.6) is 0 Å². The topological polar surface area (TPSA) is 88.6 Å². The lowest BCUT2D eigenvalue weighted by Gasteiger charge is -2.42. The quantitative estimate of drug-likeness (QED) is 0.874. The van der Waals surface area contributed by atoms with Crippen molar-refractivity contribution in [3.05, 3.63) is 24.2 Å². The van der Waals surface area contributed by atoms with Crippen LogP contribution in [0, 0.1) is 5.41 Å². The third kappa shape index (κ3) is 4.48. The molecule has 3 N–H and O–H groups in total. The van der Waals surface area contributed by atoms with Gasteiger partial charge in [-0.1, -0.05) is 13.8 Å². The van der Waals surface area contributed by atoms with Crippen molar-refractivity contribution >= 4 is 24.2 Å². The van der Waals surface area contributed by atoms with Crippen LogP contribution in [0.4, 0.5) is 0 Å². The Bertz CT molecular complexity index is 502. The average Bonchev–Trinajstić information content (AvgIpc) is 2.95. The van der Waals surface area contributed by atoms with Gasteiger partial charge in [-0.15, -0.1) is 12.4 Å². The number of piperidine rings is 1. The minimum atomic E-state index is -0.297. The Morgan fingerprint density at radius 3 is 2.82 bits per heavy atom. The summed E-state index contributed by atoms with van der Waals surface area (Å²) in [5.74, 6) is 0.0102. The molecule has 1 aliphatic rings. The van der Waals surface area contributed by atoms with E-state index in [9.17, 15) is 9.59 Å². The number of nitrogens with zero attached hydrogens (tertiary/aromatic N) is 1. The first-order chi connectivity index (χ1) is 9.90. The molecule has 2 amide bonds. The fourth-order valence-corrected chi connectivity index (χ4v) is 2.52. The van der Waals surface area contributed by atoms with E-state index in [1.165, 1.54) is 6.26 Å². The Hall–Kier alpha value is -1.53. The summed E-state index contributed by atoms with van der Waals surface area (Å²) in [7, 11) is 0. The van der Waals surface area contributed by atoms with Gasteiger partial charge in [-0.2, -0.15) is 0 Å². The van der Waals surface area contributed by atoms with Gasteiger partial charge in [0.05, 0.1) is 6.26 Å². The van der Waals surface area contributed by atoms with Crippen LogP contribution in [-0.2, 0) is 4.79 Å². The predicted molar refractivity (Wildman–Crippen MR) is 85.9 cm³/mol. The second-order valence-electron chi connectivity index (χ2n) is 6.18. The van der Waals surface area contributed by atoms with E-state index in [2.05, 4.69) is 19.2 Å². The number of nitrogens with one attached hydrogen (secondary N) is 1. The van der Waals surface area contributed by atoms with E-state index in [0.29, 0.717) is 19.6 Å². The number of amides is 2. The zero-order valence-electron chi connectivity index (χ0n) is 13.0. The molecule has 0 radical (unpaired) electrons. The third-order valence-electron chi connectivity index (χ3n) is 4.03. The SMILES string of the molecule is CC1(C)CN(C(=O)CCNC(=O)c2ccco2)CCC1N.Cl. The highest BCUT2D eigenvalue weighted by Crippen LogP contribution is 2.27. The van der Waals surface area contributed by atoms with Gasteiger partial charge in [-0.25, -0.2) is 0 Å². The highest BCUT2D eigenvalue weighted by Gasteiger charge is 2.35. The highest BCUT2D eigenvalue weighted by atomic mass is 35.5. The summed E-state index contributed by atoms with van der Waals surface area (Å²) in [5, 5.41) is 2.68. The van der Waals surface area contributed by atoms with Crippen molar-refractivity contribution in [3.8, 4) is 0 Å². The van der Waals surface area contributed by atoms with Crippen molar-refractivity contribution in [1.82, 2.24) is 10.2 Å². The monoisotopic (exact) mass is 329 g/mol. The maximum absolute atomic E-state index is 12.2. The number of furan rings is 1. The molecule has 124 valence electrons. The largest absolute Gasteiger partial charge is 0.459 e. The number of hydrogen-bond acceptors (Lipinski definition) is 4. The van der Waals surface area contributed by atoms with Gasteiger partial charge in [-0.3, -0.25) is 9.59 Å². The average molecular weight is 330 g/mol. The number of carbonyl (C=O) groups is 2. The maximum Gasteiger partial charge on any atom is 0.286 e. The van der Waals surface area contributed by atoms with Gasteiger partial charge >= 0.3 is 0 Å². The van der Waals surface area contributed by atoms with Crippen molar-refractivity contribution in [2.75, 3.05) is 19.6 Å². The summed E-state index contributed by atoms with van der Waals surface area (Å²) in [6.45, 7) is 5.82. The first kappa shape index (κ1) is 18.5. The minimum Gasteiger partial charge on any atom is -0.459 e. The van der Waals surface area contributed by atoms with E-state index in [4.69, 9.17) is 10.2 Å². The predicted octanol–water partition coefficient (Wildman–Crippen LogP) is 1.41. The van der Waals surface area contributed by atoms with E-state index in [1.54, 1.807) is 12.1 Å². The van der Waals surface area contributed by atoms with Gasteiger partial charge in [0.15, 0.2) is 5.76 Å². The number of halogens is 1. The molecule has 2 heterocycles. The lowest BCUT2D eigenvalue weighted by atomic mass is 9.79. The van der Waals surface area contributed by atoms with Gasteiger partial charge in [0.1, 0.15) is 0 Å². The van der Waals surface area contributed by atoms with Crippen molar-refractivity contribution < 1.29 is 14.0 Å². The molecule has 22 heavy (non-hydrogen) atoms. The molecule has 0 spiro atoms. The van der Waals surface area contributed by atoms with E-state index in [0.717, 1.165) is 6.42 Å². The normalized spacial score (nSPS) is 20.1. The first-order valence-corrected chi connectivity index (χ1v) is 7.25. The molecule has 1 aromatic rings. The Morgan fingerprint density at radius 1 is 1.50 bits per heavy atom.